The van der Waals surface area contributed by atoms with E-state index in [9.17, 15) is 19.6 Å². The molecule has 29 heavy (non-hydrogen) atoms. The molecule has 0 saturated heterocycles. The first-order chi connectivity index (χ1) is 13.8. The highest BCUT2D eigenvalue weighted by molar-refractivity contribution is 6.12. The van der Waals surface area contributed by atoms with Gasteiger partial charge in [-0.25, -0.2) is 0 Å². The lowest BCUT2D eigenvalue weighted by atomic mass is 10.1. The maximum atomic E-state index is 12.5. The molecule has 2 aromatic carbocycles. The van der Waals surface area contributed by atoms with Crippen molar-refractivity contribution in [3.8, 4) is 17.6 Å². The van der Waals surface area contributed by atoms with Crippen LogP contribution in [0.1, 0.15) is 36.7 Å². The number of hydrogen-bond donors (Lipinski definition) is 1. The van der Waals surface area contributed by atoms with E-state index in [0.29, 0.717) is 29.2 Å². The molecule has 0 aliphatic rings. The molecule has 148 valence electrons. The Morgan fingerprint density at radius 3 is 2.45 bits per heavy atom. The van der Waals surface area contributed by atoms with Gasteiger partial charge in [-0.15, -0.1) is 0 Å². The molecule has 1 amide bonds. The van der Waals surface area contributed by atoms with Crippen LogP contribution in [0.4, 0.5) is 5.69 Å². The largest absolute Gasteiger partial charge is 0.490 e. The number of nitriles is 1. The lowest BCUT2D eigenvalue weighted by Crippen LogP contribution is -2.15. The summed E-state index contributed by atoms with van der Waals surface area (Å²) in [5.74, 6) is -0.782. The molecule has 0 radical (unpaired) electrons. The van der Waals surface area contributed by atoms with E-state index in [1.54, 1.807) is 43.3 Å². The second-order valence-corrected chi connectivity index (χ2v) is 5.96. The quantitative estimate of drug-likeness (QED) is 0.253. The van der Waals surface area contributed by atoms with Crippen LogP contribution in [0.3, 0.4) is 0 Å². The third-order valence-electron chi connectivity index (χ3n) is 3.75. The summed E-state index contributed by atoms with van der Waals surface area (Å²) in [6.07, 6.45) is 1.38. The second-order valence-electron chi connectivity index (χ2n) is 5.96. The number of Topliss-reactive ketones (excluding diaryl/α,β-unsaturated/α-hetero) is 1. The summed E-state index contributed by atoms with van der Waals surface area (Å²) < 4.78 is 10.5. The molecule has 0 aromatic heterocycles. The molecule has 0 atom stereocenters. The minimum absolute atomic E-state index is 0.161. The maximum Gasteiger partial charge on any atom is 0.308 e. The van der Waals surface area contributed by atoms with E-state index in [1.807, 2.05) is 6.07 Å². The van der Waals surface area contributed by atoms with Gasteiger partial charge in [-0.05, 0) is 49.8 Å². The summed E-state index contributed by atoms with van der Waals surface area (Å²) in [6.45, 7) is 4.79. The summed E-state index contributed by atoms with van der Waals surface area (Å²) >= 11 is 0. The standard InChI is InChI=1S/C22H20N2O5/c1-4-28-21-12-16(9-10-20(21)29-15(3)26)11-17(13-23)22(27)24-19-8-6-5-7-18(19)14(2)25/h5-12H,4H2,1-3H3,(H,24,27)/b17-11-. The van der Waals surface area contributed by atoms with E-state index in [2.05, 4.69) is 5.32 Å². The fraction of sp³-hybridized carbons (Fsp3) is 0.182. The van der Waals surface area contributed by atoms with Crippen LogP contribution >= 0.6 is 0 Å². The van der Waals surface area contributed by atoms with Gasteiger partial charge in [-0.3, -0.25) is 14.4 Å². The molecule has 0 saturated carbocycles. The molecule has 0 fully saturated rings. The summed E-state index contributed by atoms with van der Waals surface area (Å²) in [7, 11) is 0. The molecule has 0 unspecified atom stereocenters. The smallest absolute Gasteiger partial charge is 0.308 e. The number of ketones is 1. The number of anilines is 1. The number of para-hydroxylation sites is 1. The molecule has 7 heteroatoms. The molecule has 0 heterocycles. The molecule has 0 spiro atoms. The van der Waals surface area contributed by atoms with Crippen molar-refractivity contribution >= 4 is 29.4 Å². The fourth-order valence-electron chi connectivity index (χ4n) is 2.53. The number of esters is 1. The number of benzene rings is 2. The Balaban J connectivity index is 2.33. The minimum atomic E-state index is -0.650. The van der Waals surface area contributed by atoms with Crippen molar-refractivity contribution in [3.05, 3.63) is 59.2 Å². The van der Waals surface area contributed by atoms with Gasteiger partial charge in [0.05, 0.1) is 12.3 Å². The average Bonchev–Trinajstić information content (AvgIpc) is 2.68. The van der Waals surface area contributed by atoms with E-state index >= 15 is 0 Å². The Morgan fingerprint density at radius 1 is 1.10 bits per heavy atom. The molecule has 0 bridgehead atoms. The van der Waals surface area contributed by atoms with E-state index < -0.39 is 11.9 Å². The highest BCUT2D eigenvalue weighted by Crippen LogP contribution is 2.29. The third kappa shape index (κ3) is 5.78. The van der Waals surface area contributed by atoms with Crippen LogP contribution in [0.15, 0.2) is 48.0 Å². The second kappa shape index (κ2) is 9.85. The maximum absolute atomic E-state index is 12.5. The van der Waals surface area contributed by atoms with Gasteiger partial charge in [0.25, 0.3) is 5.91 Å². The van der Waals surface area contributed by atoms with Crippen LogP contribution in [0.5, 0.6) is 11.5 Å². The van der Waals surface area contributed by atoms with E-state index in [-0.39, 0.29) is 17.1 Å². The lowest BCUT2D eigenvalue weighted by Gasteiger charge is -2.11. The van der Waals surface area contributed by atoms with Gasteiger partial charge in [0.2, 0.25) is 0 Å². The number of amides is 1. The van der Waals surface area contributed by atoms with E-state index in [0.717, 1.165) is 0 Å². The Bertz CT molecular complexity index is 1020. The Kier molecular flexibility index (Phi) is 7.26. The van der Waals surface area contributed by atoms with E-state index in [1.165, 1.54) is 26.0 Å². The molecule has 0 aliphatic carbocycles. The highest BCUT2D eigenvalue weighted by atomic mass is 16.6. The van der Waals surface area contributed by atoms with Gasteiger partial charge >= 0.3 is 5.97 Å². The number of carbonyl (C=O) groups is 3. The van der Waals surface area contributed by atoms with Crippen molar-refractivity contribution < 1.29 is 23.9 Å². The van der Waals surface area contributed by atoms with Crippen molar-refractivity contribution in [2.45, 2.75) is 20.8 Å². The van der Waals surface area contributed by atoms with Crippen molar-refractivity contribution in [3.63, 3.8) is 0 Å². The first kappa shape index (κ1) is 21.4. The van der Waals surface area contributed by atoms with Crippen molar-refractivity contribution in [1.29, 1.82) is 5.26 Å². The monoisotopic (exact) mass is 392 g/mol. The van der Waals surface area contributed by atoms with Crippen LogP contribution in [-0.2, 0) is 9.59 Å². The third-order valence-corrected chi connectivity index (χ3v) is 3.75. The van der Waals surface area contributed by atoms with Crippen LogP contribution in [0, 0.1) is 11.3 Å². The molecular formula is C22H20N2O5. The number of ether oxygens (including phenoxy) is 2. The Morgan fingerprint density at radius 2 is 1.83 bits per heavy atom. The summed E-state index contributed by atoms with van der Waals surface area (Å²) in [6, 6.07) is 13.1. The molecule has 2 rings (SSSR count). The first-order valence-corrected chi connectivity index (χ1v) is 8.84. The van der Waals surface area contributed by atoms with Gasteiger partial charge in [-0.1, -0.05) is 18.2 Å². The van der Waals surface area contributed by atoms with Gasteiger partial charge in [-0.2, -0.15) is 5.26 Å². The normalized spacial score (nSPS) is 10.6. The van der Waals surface area contributed by atoms with Gasteiger partial charge in [0.1, 0.15) is 11.6 Å². The minimum Gasteiger partial charge on any atom is -0.490 e. The SMILES string of the molecule is CCOc1cc(/C=C(/C#N)C(=O)Nc2ccccc2C(C)=O)ccc1OC(C)=O. The zero-order chi connectivity index (χ0) is 21.4. The Labute approximate surface area is 168 Å². The number of rotatable bonds is 7. The number of nitrogens with zero attached hydrogens (tertiary/aromatic N) is 1. The van der Waals surface area contributed by atoms with Gasteiger partial charge in [0, 0.05) is 12.5 Å². The van der Waals surface area contributed by atoms with Crippen LogP contribution < -0.4 is 14.8 Å². The number of hydrogen-bond acceptors (Lipinski definition) is 6. The summed E-state index contributed by atoms with van der Waals surface area (Å²) in [5, 5.41) is 12.0. The first-order valence-electron chi connectivity index (χ1n) is 8.84. The van der Waals surface area contributed by atoms with Crippen molar-refractivity contribution in [2.75, 3.05) is 11.9 Å². The van der Waals surface area contributed by atoms with Crippen molar-refractivity contribution in [1.82, 2.24) is 0 Å². The predicted molar refractivity (Wildman–Crippen MR) is 108 cm³/mol. The van der Waals surface area contributed by atoms with Crippen LogP contribution in [0.2, 0.25) is 0 Å². The lowest BCUT2D eigenvalue weighted by molar-refractivity contribution is -0.132. The zero-order valence-corrected chi connectivity index (χ0v) is 16.3. The van der Waals surface area contributed by atoms with Gasteiger partial charge < -0.3 is 14.8 Å². The predicted octanol–water partition coefficient (Wildman–Crippen LogP) is 3.76. The van der Waals surface area contributed by atoms with Crippen LogP contribution in [0.25, 0.3) is 6.08 Å². The van der Waals surface area contributed by atoms with E-state index in [4.69, 9.17) is 9.47 Å². The Hall–Kier alpha value is -3.92. The zero-order valence-electron chi connectivity index (χ0n) is 16.3. The summed E-state index contributed by atoms with van der Waals surface area (Å²) in [5.41, 5.74) is 1.02. The number of nitrogens with one attached hydrogen (secondary N) is 1. The highest BCUT2D eigenvalue weighted by Gasteiger charge is 2.14. The van der Waals surface area contributed by atoms with Crippen molar-refractivity contribution in [2.24, 2.45) is 0 Å². The topological polar surface area (TPSA) is 105 Å². The molecule has 7 nitrogen and oxygen atoms in total. The summed E-state index contributed by atoms with van der Waals surface area (Å²) in [4.78, 5) is 35.4. The molecular weight excluding hydrogens is 372 g/mol. The van der Waals surface area contributed by atoms with Crippen LogP contribution in [-0.4, -0.2) is 24.3 Å². The van der Waals surface area contributed by atoms with Gasteiger partial charge in [0.15, 0.2) is 17.3 Å². The molecule has 1 N–H and O–H groups in total. The molecule has 0 aliphatic heterocycles. The average molecular weight is 392 g/mol. The number of carbonyl (C=O) groups excluding carboxylic acids is 3. The molecule has 2 aromatic rings. The fourth-order valence-corrected chi connectivity index (χ4v) is 2.53.